The lowest BCUT2D eigenvalue weighted by molar-refractivity contribution is -0.0166. The quantitative estimate of drug-likeness (QED) is 0.703. The number of carbonyl (C=O) groups is 1. The van der Waals surface area contributed by atoms with E-state index in [2.05, 4.69) is 11.8 Å². The van der Waals surface area contributed by atoms with Gasteiger partial charge in [0.05, 0.1) is 0 Å². The Bertz CT molecular complexity index is 292. The summed E-state index contributed by atoms with van der Waals surface area (Å²) in [5.41, 5.74) is -0.386. The summed E-state index contributed by atoms with van der Waals surface area (Å²) in [6, 6.07) is 1.24. The van der Waals surface area contributed by atoms with Gasteiger partial charge < -0.3 is 9.64 Å². The molecule has 0 radical (unpaired) electrons. The minimum atomic E-state index is -0.386. The fourth-order valence-corrected chi connectivity index (χ4v) is 2.64. The van der Waals surface area contributed by atoms with Gasteiger partial charge in [-0.25, -0.2) is 4.79 Å². The molecule has 4 heteroatoms. The van der Waals surface area contributed by atoms with E-state index in [-0.39, 0.29) is 11.7 Å². The van der Waals surface area contributed by atoms with Crippen molar-refractivity contribution in [3.8, 4) is 0 Å². The van der Waals surface area contributed by atoms with Crippen LogP contribution in [0, 0.1) is 0 Å². The van der Waals surface area contributed by atoms with E-state index in [4.69, 9.17) is 4.74 Å². The first-order chi connectivity index (χ1) is 7.87. The van der Waals surface area contributed by atoms with E-state index in [0.29, 0.717) is 12.1 Å². The van der Waals surface area contributed by atoms with Crippen LogP contribution in [0.4, 0.5) is 4.79 Å². The third-order valence-electron chi connectivity index (χ3n) is 3.59. The fourth-order valence-electron chi connectivity index (χ4n) is 2.64. The monoisotopic (exact) mass is 240 g/mol. The molecule has 0 aromatic rings. The first kappa shape index (κ1) is 12.7. The van der Waals surface area contributed by atoms with Crippen LogP contribution in [-0.4, -0.2) is 53.2 Å². The molecule has 2 aliphatic rings. The Kier molecular flexibility index (Phi) is 3.34. The predicted molar refractivity (Wildman–Crippen MR) is 67.0 cm³/mol. The maximum atomic E-state index is 11.8. The number of carbonyl (C=O) groups excluding carboxylic acids is 1. The van der Waals surface area contributed by atoms with E-state index in [9.17, 15) is 4.79 Å². The summed E-state index contributed by atoms with van der Waals surface area (Å²) < 4.78 is 5.35. The summed E-state index contributed by atoms with van der Waals surface area (Å²) in [7, 11) is 0. The average Bonchev–Trinajstić information content (AvgIpc) is 2.46. The zero-order valence-electron chi connectivity index (χ0n) is 11.4. The lowest BCUT2D eigenvalue weighted by Crippen LogP contribution is -2.62. The standard InChI is InChI=1S/C13H24N2O2/c1-10-6-5-7-15(10)11-8-14(9-11)12(16)17-13(2,3)4/h10-11H,5-9H2,1-4H3. The third-order valence-corrected chi connectivity index (χ3v) is 3.59. The normalized spacial score (nSPS) is 27.1. The molecule has 2 aliphatic heterocycles. The van der Waals surface area contributed by atoms with Crippen LogP contribution in [0.3, 0.4) is 0 Å². The van der Waals surface area contributed by atoms with Gasteiger partial charge in [-0.3, -0.25) is 4.90 Å². The molecule has 0 aliphatic carbocycles. The molecule has 0 aromatic heterocycles. The maximum Gasteiger partial charge on any atom is 0.410 e. The summed E-state index contributed by atoms with van der Waals surface area (Å²) in [5, 5.41) is 0. The molecule has 0 aromatic carbocycles. The molecule has 0 saturated carbocycles. The molecule has 0 N–H and O–H groups in total. The van der Waals surface area contributed by atoms with Crippen molar-refractivity contribution in [3.05, 3.63) is 0 Å². The van der Waals surface area contributed by atoms with Crippen LogP contribution in [-0.2, 0) is 4.74 Å². The Balaban J connectivity index is 1.77. The number of hydrogen-bond donors (Lipinski definition) is 0. The molecule has 1 atom stereocenters. The number of amides is 1. The van der Waals surface area contributed by atoms with Gasteiger partial charge in [-0.1, -0.05) is 0 Å². The summed E-state index contributed by atoms with van der Waals surface area (Å²) in [6.07, 6.45) is 2.42. The number of hydrogen-bond acceptors (Lipinski definition) is 3. The average molecular weight is 240 g/mol. The second kappa shape index (κ2) is 4.48. The Morgan fingerprint density at radius 1 is 1.29 bits per heavy atom. The highest BCUT2D eigenvalue weighted by molar-refractivity contribution is 5.69. The van der Waals surface area contributed by atoms with Crippen molar-refractivity contribution in [2.75, 3.05) is 19.6 Å². The summed E-state index contributed by atoms with van der Waals surface area (Å²) in [5.74, 6) is 0. The number of rotatable bonds is 1. The van der Waals surface area contributed by atoms with Crippen LogP contribution in [0.15, 0.2) is 0 Å². The minimum absolute atomic E-state index is 0.166. The van der Waals surface area contributed by atoms with Gasteiger partial charge in [0, 0.05) is 25.2 Å². The second-order valence-corrected chi connectivity index (χ2v) is 6.27. The molecule has 4 nitrogen and oxygen atoms in total. The Hall–Kier alpha value is -0.770. The smallest absolute Gasteiger partial charge is 0.410 e. The van der Waals surface area contributed by atoms with Crippen LogP contribution in [0.2, 0.25) is 0 Å². The van der Waals surface area contributed by atoms with E-state index in [0.717, 1.165) is 13.1 Å². The highest BCUT2D eigenvalue weighted by atomic mass is 16.6. The van der Waals surface area contributed by atoms with Crippen molar-refractivity contribution in [2.45, 2.75) is 58.2 Å². The molecular formula is C13H24N2O2. The summed E-state index contributed by atoms with van der Waals surface area (Å²) in [6.45, 7) is 10.9. The number of likely N-dealkylation sites (tertiary alicyclic amines) is 2. The van der Waals surface area contributed by atoms with Crippen molar-refractivity contribution in [1.29, 1.82) is 0 Å². The molecule has 98 valence electrons. The molecule has 2 fully saturated rings. The van der Waals surface area contributed by atoms with Crippen molar-refractivity contribution in [2.24, 2.45) is 0 Å². The fraction of sp³-hybridized carbons (Fsp3) is 0.923. The van der Waals surface area contributed by atoms with Gasteiger partial charge in [-0.05, 0) is 47.1 Å². The van der Waals surface area contributed by atoms with Gasteiger partial charge in [0.1, 0.15) is 5.60 Å². The van der Waals surface area contributed by atoms with Gasteiger partial charge in [0.15, 0.2) is 0 Å². The summed E-state index contributed by atoms with van der Waals surface area (Å²) >= 11 is 0. The molecule has 0 bridgehead atoms. The van der Waals surface area contributed by atoms with Gasteiger partial charge in [-0.2, -0.15) is 0 Å². The van der Waals surface area contributed by atoms with Crippen molar-refractivity contribution < 1.29 is 9.53 Å². The predicted octanol–water partition coefficient (Wildman–Crippen LogP) is 2.09. The van der Waals surface area contributed by atoms with Gasteiger partial charge in [0.25, 0.3) is 0 Å². The zero-order chi connectivity index (χ0) is 12.6. The van der Waals surface area contributed by atoms with Crippen LogP contribution < -0.4 is 0 Å². The molecular weight excluding hydrogens is 216 g/mol. The van der Waals surface area contributed by atoms with Crippen LogP contribution in [0.25, 0.3) is 0 Å². The lowest BCUT2D eigenvalue weighted by atomic mass is 10.1. The van der Waals surface area contributed by atoms with E-state index >= 15 is 0 Å². The van der Waals surface area contributed by atoms with E-state index in [1.165, 1.54) is 19.4 Å². The highest BCUT2D eigenvalue weighted by Gasteiger charge is 2.39. The van der Waals surface area contributed by atoms with Gasteiger partial charge in [-0.15, -0.1) is 0 Å². The molecule has 0 spiro atoms. The largest absolute Gasteiger partial charge is 0.444 e. The minimum Gasteiger partial charge on any atom is -0.444 e. The van der Waals surface area contributed by atoms with E-state index in [1.807, 2.05) is 20.8 Å². The summed E-state index contributed by atoms with van der Waals surface area (Å²) in [4.78, 5) is 16.1. The van der Waals surface area contributed by atoms with Crippen molar-refractivity contribution in [1.82, 2.24) is 9.80 Å². The maximum absolute atomic E-state index is 11.8. The Morgan fingerprint density at radius 2 is 1.94 bits per heavy atom. The Labute approximate surface area is 104 Å². The van der Waals surface area contributed by atoms with Crippen LogP contribution in [0.5, 0.6) is 0 Å². The topological polar surface area (TPSA) is 32.8 Å². The van der Waals surface area contributed by atoms with Crippen molar-refractivity contribution in [3.63, 3.8) is 0 Å². The van der Waals surface area contributed by atoms with Crippen LogP contribution in [0.1, 0.15) is 40.5 Å². The third kappa shape index (κ3) is 2.92. The second-order valence-electron chi connectivity index (χ2n) is 6.27. The number of nitrogens with zero attached hydrogens (tertiary/aromatic N) is 2. The first-order valence-electron chi connectivity index (χ1n) is 6.60. The highest BCUT2D eigenvalue weighted by Crippen LogP contribution is 2.25. The molecule has 2 heterocycles. The van der Waals surface area contributed by atoms with E-state index in [1.54, 1.807) is 4.90 Å². The first-order valence-corrected chi connectivity index (χ1v) is 6.60. The van der Waals surface area contributed by atoms with Gasteiger partial charge >= 0.3 is 6.09 Å². The van der Waals surface area contributed by atoms with E-state index < -0.39 is 0 Å². The molecule has 1 amide bonds. The lowest BCUT2D eigenvalue weighted by Gasteiger charge is -2.45. The molecule has 2 rings (SSSR count). The van der Waals surface area contributed by atoms with Crippen LogP contribution >= 0.6 is 0 Å². The SMILES string of the molecule is CC1CCCN1C1CN(C(=O)OC(C)(C)C)C1. The van der Waals surface area contributed by atoms with Gasteiger partial charge in [0.2, 0.25) is 0 Å². The molecule has 17 heavy (non-hydrogen) atoms. The van der Waals surface area contributed by atoms with Crippen molar-refractivity contribution >= 4 is 6.09 Å². The zero-order valence-corrected chi connectivity index (χ0v) is 11.4. The Morgan fingerprint density at radius 3 is 2.41 bits per heavy atom. The molecule has 2 saturated heterocycles. The number of ether oxygens (including phenoxy) is 1. The molecule has 1 unspecified atom stereocenters.